The van der Waals surface area contributed by atoms with E-state index in [0.29, 0.717) is 0 Å². The van der Waals surface area contributed by atoms with E-state index in [9.17, 15) is 13.2 Å². The van der Waals surface area contributed by atoms with Gasteiger partial charge in [0.1, 0.15) is 33.4 Å². The third-order valence-electron chi connectivity index (χ3n) is 8.31. The van der Waals surface area contributed by atoms with Crippen LogP contribution in [0.25, 0.3) is 22.3 Å². The van der Waals surface area contributed by atoms with Gasteiger partial charge in [0.05, 0.1) is 7.92 Å². The van der Waals surface area contributed by atoms with E-state index in [2.05, 4.69) is 84.0 Å². The van der Waals surface area contributed by atoms with Crippen molar-refractivity contribution in [3.05, 3.63) is 166 Å². The molecule has 6 aromatic rings. The van der Waals surface area contributed by atoms with E-state index in [1.165, 1.54) is 92.0 Å². The smallest absolute Gasteiger partial charge is 0.779 e. The van der Waals surface area contributed by atoms with Crippen molar-refractivity contribution in [2.24, 2.45) is 0 Å². The molecule has 0 aliphatic carbocycles. The molecule has 0 bridgehead atoms. The van der Waals surface area contributed by atoms with Gasteiger partial charge >= 0.3 is 19.5 Å². The van der Waals surface area contributed by atoms with Crippen molar-refractivity contribution in [3.63, 3.8) is 0 Å². The summed E-state index contributed by atoms with van der Waals surface area (Å²) in [5.41, 5.74) is 12.6. The molecule has 0 unspecified atom stereocenters. The molecule has 245 valence electrons. The number of aryl methyl sites for hydroxylation is 6. The summed E-state index contributed by atoms with van der Waals surface area (Å²) in [6, 6.07) is 34.3. The van der Waals surface area contributed by atoms with Crippen LogP contribution in [0.3, 0.4) is 0 Å². The summed E-state index contributed by atoms with van der Waals surface area (Å²) < 4.78 is 39.5. The normalized spacial score (nSPS) is 10.7. The monoisotopic (exact) mass is 764 g/mol. The molecule has 0 fully saturated rings. The molecule has 0 saturated heterocycles. The Kier molecular flexibility index (Phi) is 12.5. The maximum Gasteiger partial charge on any atom is 1.00 e. The molecule has 0 aliphatic rings. The second-order valence-corrected chi connectivity index (χ2v) is 15.0. The Morgan fingerprint density at radius 3 is 0.979 bits per heavy atom. The summed E-state index contributed by atoms with van der Waals surface area (Å²) in [5, 5.41) is 2.89. The van der Waals surface area contributed by atoms with E-state index in [1.54, 1.807) is 36.4 Å². The van der Waals surface area contributed by atoms with Crippen molar-refractivity contribution < 1.29 is 32.6 Å². The number of hydrogen-bond donors (Lipinski definition) is 0. The van der Waals surface area contributed by atoms with Gasteiger partial charge in [-0.25, -0.2) is 13.2 Å². The molecule has 0 aliphatic heterocycles. The molecule has 0 N–H and O–H groups in total. The van der Waals surface area contributed by atoms with Crippen molar-refractivity contribution >= 4 is 36.5 Å². The summed E-state index contributed by atoms with van der Waals surface area (Å²) in [6.45, 7) is 13.0. The van der Waals surface area contributed by atoms with Gasteiger partial charge in [-0.1, -0.05) is 53.6 Å². The van der Waals surface area contributed by atoms with Gasteiger partial charge in [-0.2, -0.15) is 4.90 Å². The molecule has 0 atom stereocenters. The predicted molar refractivity (Wildman–Crippen MR) is 198 cm³/mol. The molecule has 0 saturated carbocycles. The Hall–Kier alpha value is -3.62. The average Bonchev–Trinajstić information content (AvgIpc) is 3.01. The molecule has 0 spiro atoms. The molecule has 48 heavy (non-hydrogen) atoms. The molecule has 6 rings (SSSR count). The maximum atomic E-state index is 13.2. The first-order chi connectivity index (χ1) is 22.4. The van der Waals surface area contributed by atoms with Crippen LogP contribution in [0.2, 0.25) is 0 Å². The number of hydrogen-bond acceptors (Lipinski definition) is 1. The van der Waals surface area contributed by atoms with E-state index in [0.717, 1.165) is 20.8 Å². The SMILES string of the molecule is Cc1cc(C)c(-c2cccc(-c3c(C)cc(C)cc3C)c2[S-])c(C)c1.Fc1ccc([PH+](c2ccc(F)cc2)c2ccc(F)cc2)cc1.[Ru+]. The Bertz CT molecular complexity index is 1790. The minimum atomic E-state index is -1.43. The maximum absolute atomic E-state index is 13.2. The quantitative estimate of drug-likeness (QED) is 0.0958. The molecule has 0 amide bonds. The first kappa shape index (κ1) is 37.2. The van der Waals surface area contributed by atoms with Crippen LogP contribution in [-0.4, -0.2) is 0 Å². The van der Waals surface area contributed by atoms with Crippen LogP contribution >= 0.6 is 7.92 Å². The largest absolute Gasteiger partial charge is 1.00 e. The van der Waals surface area contributed by atoms with Crippen molar-refractivity contribution in [1.82, 2.24) is 0 Å². The Balaban J connectivity index is 0.000000214. The van der Waals surface area contributed by atoms with Crippen molar-refractivity contribution in [3.8, 4) is 22.3 Å². The van der Waals surface area contributed by atoms with Gasteiger partial charge < -0.3 is 12.6 Å². The molecule has 6 aromatic carbocycles. The van der Waals surface area contributed by atoms with Crippen LogP contribution in [0, 0.1) is 59.0 Å². The van der Waals surface area contributed by atoms with Gasteiger partial charge in [-0.3, -0.25) is 0 Å². The van der Waals surface area contributed by atoms with E-state index < -0.39 is 7.92 Å². The number of rotatable bonds is 5. The average molecular weight is 764 g/mol. The standard InChI is InChI=1S/C24H26S.C18H12F3P.Ru/c1-14-10-16(3)22(17(4)11-14)20-8-7-9-21(24(20)25)23-18(5)12-15(2)13-19(23)6;19-13-1-7-16(8-2-13)22(17-9-3-14(20)4-10-17)18-11-5-15(21)6-12-18;/h7-13,25H,1-6H3;1-12H;/q;;+1. The third kappa shape index (κ3) is 8.50. The van der Waals surface area contributed by atoms with Crippen LogP contribution in [0.1, 0.15) is 33.4 Å². The van der Waals surface area contributed by atoms with E-state index in [1.807, 2.05) is 0 Å². The van der Waals surface area contributed by atoms with Crippen molar-refractivity contribution in [1.29, 1.82) is 0 Å². The van der Waals surface area contributed by atoms with Crippen molar-refractivity contribution in [2.75, 3.05) is 0 Å². The fourth-order valence-electron chi connectivity index (χ4n) is 6.49. The fraction of sp³-hybridized carbons (Fsp3) is 0.143. The fourth-order valence-corrected chi connectivity index (χ4v) is 9.33. The summed E-state index contributed by atoms with van der Waals surface area (Å²) >= 11 is 5.96. The third-order valence-corrected chi connectivity index (χ3v) is 11.5. The van der Waals surface area contributed by atoms with Gasteiger partial charge in [0.15, 0.2) is 0 Å². The topological polar surface area (TPSA) is 0 Å². The molecule has 0 nitrogen and oxygen atoms in total. The number of halogens is 3. The van der Waals surface area contributed by atoms with E-state index in [4.69, 9.17) is 12.6 Å². The minimum absolute atomic E-state index is 0. The second-order valence-electron chi connectivity index (χ2n) is 12.1. The zero-order valence-electron chi connectivity index (χ0n) is 27.9. The molecule has 1 radical (unpaired) electrons. The number of benzene rings is 6. The molecular formula is C42H38F3PRuS+. The van der Waals surface area contributed by atoms with Crippen molar-refractivity contribution in [2.45, 2.75) is 46.4 Å². The summed E-state index contributed by atoms with van der Waals surface area (Å²) in [6.07, 6.45) is 0. The van der Waals surface area contributed by atoms with Gasteiger partial charge in [0.25, 0.3) is 0 Å². The molecule has 0 aromatic heterocycles. The zero-order valence-corrected chi connectivity index (χ0v) is 31.4. The Morgan fingerprint density at radius 2 is 0.708 bits per heavy atom. The van der Waals surface area contributed by atoms with E-state index >= 15 is 0 Å². The molecule has 0 heterocycles. The Morgan fingerprint density at radius 1 is 0.438 bits per heavy atom. The second kappa shape index (κ2) is 16.2. The van der Waals surface area contributed by atoms with Crippen LogP contribution in [0.4, 0.5) is 13.2 Å². The first-order valence-electron chi connectivity index (χ1n) is 15.5. The van der Waals surface area contributed by atoms with Gasteiger partial charge in [0, 0.05) is 0 Å². The van der Waals surface area contributed by atoms with Crippen LogP contribution < -0.4 is 15.9 Å². The minimum Gasteiger partial charge on any atom is -0.779 e. The Labute approximate surface area is 302 Å². The molecular weight excluding hydrogens is 726 g/mol. The van der Waals surface area contributed by atoms with Crippen LogP contribution in [-0.2, 0) is 32.1 Å². The van der Waals surface area contributed by atoms with Crippen LogP contribution in [0.5, 0.6) is 0 Å². The summed E-state index contributed by atoms with van der Waals surface area (Å²) in [5.74, 6) is -0.907. The molecule has 6 heteroatoms. The first-order valence-corrected chi connectivity index (χ1v) is 17.4. The zero-order chi connectivity index (χ0) is 33.8. The summed E-state index contributed by atoms with van der Waals surface area (Å²) in [4.78, 5) is 0.951. The van der Waals surface area contributed by atoms with Gasteiger partial charge in [-0.15, -0.1) is 0 Å². The predicted octanol–water partition coefficient (Wildman–Crippen LogP) is 10.4. The van der Waals surface area contributed by atoms with Gasteiger partial charge in [-0.05, 0) is 159 Å². The van der Waals surface area contributed by atoms with E-state index in [-0.39, 0.29) is 36.9 Å². The summed E-state index contributed by atoms with van der Waals surface area (Å²) in [7, 11) is -1.43. The van der Waals surface area contributed by atoms with Crippen LogP contribution in [0.15, 0.2) is 120 Å². The van der Waals surface area contributed by atoms with Gasteiger partial charge in [0.2, 0.25) is 0 Å².